The third kappa shape index (κ3) is 3.04. The van der Waals surface area contributed by atoms with Gasteiger partial charge in [0.05, 0.1) is 0 Å². The van der Waals surface area contributed by atoms with E-state index in [9.17, 15) is 0 Å². The normalized spacial score (nSPS) is 15.7. The zero-order chi connectivity index (χ0) is 25.7. The van der Waals surface area contributed by atoms with E-state index < -0.39 is 0 Å². The molecule has 0 atom stereocenters. The van der Waals surface area contributed by atoms with E-state index in [2.05, 4.69) is 132 Å². The lowest BCUT2D eigenvalue weighted by Crippen LogP contribution is -2.17. The van der Waals surface area contributed by atoms with Crippen LogP contribution in [0.2, 0.25) is 0 Å². The molecule has 0 saturated heterocycles. The molecular formula is C36H33N. The molecule has 7 rings (SSSR count). The highest BCUT2D eigenvalue weighted by Gasteiger charge is 2.42. The Hall–Kier alpha value is -3.84. The van der Waals surface area contributed by atoms with Crippen molar-refractivity contribution in [3.05, 3.63) is 118 Å². The summed E-state index contributed by atoms with van der Waals surface area (Å²) >= 11 is 0. The van der Waals surface area contributed by atoms with Crippen molar-refractivity contribution in [3.63, 3.8) is 0 Å². The SMILES string of the molecule is Cc1ccc(Nc2ccc3c(c2)C(C)(C)c2cc4c(cc2-3)C(C)(C)c2ccc3ccccc3c2-4)c(C)c1. The molecule has 5 aromatic carbocycles. The van der Waals surface area contributed by atoms with Gasteiger partial charge in [-0.25, -0.2) is 0 Å². The molecule has 0 heterocycles. The Morgan fingerprint density at radius 2 is 1.27 bits per heavy atom. The van der Waals surface area contributed by atoms with Crippen LogP contribution in [0.4, 0.5) is 11.4 Å². The number of nitrogens with one attached hydrogen (secondary N) is 1. The first-order valence-electron chi connectivity index (χ1n) is 13.4. The van der Waals surface area contributed by atoms with Gasteiger partial charge in [-0.3, -0.25) is 0 Å². The zero-order valence-corrected chi connectivity index (χ0v) is 22.6. The Balaban J connectivity index is 1.39. The lowest BCUT2D eigenvalue weighted by Gasteiger charge is -2.24. The van der Waals surface area contributed by atoms with E-state index in [-0.39, 0.29) is 10.8 Å². The monoisotopic (exact) mass is 479 g/mol. The minimum atomic E-state index is -0.0722. The second-order valence-electron chi connectivity index (χ2n) is 12.1. The van der Waals surface area contributed by atoms with Crippen LogP contribution in [0.1, 0.15) is 61.1 Å². The van der Waals surface area contributed by atoms with E-state index in [1.165, 1.54) is 72.1 Å². The van der Waals surface area contributed by atoms with E-state index in [4.69, 9.17) is 0 Å². The third-order valence-corrected chi connectivity index (χ3v) is 9.02. The molecule has 5 aromatic rings. The molecule has 1 heteroatoms. The van der Waals surface area contributed by atoms with Crippen molar-refractivity contribution in [1.82, 2.24) is 0 Å². The predicted molar refractivity (Wildman–Crippen MR) is 158 cm³/mol. The largest absolute Gasteiger partial charge is 0.355 e. The van der Waals surface area contributed by atoms with Gasteiger partial charge in [-0.05, 0) is 105 Å². The number of benzene rings is 5. The van der Waals surface area contributed by atoms with Crippen molar-refractivity contribution in [2.45, 2.75) is 52.4 Å². The first-order valence-corrected chi connectivity index (χ1v) is 13.4. The van der Waals surface area contributed by atoms with Crippen LogP contribution < -0.4 is 5.32 Å². The average molecular weight is 480 g/mol. The summed E-state index contributed by atoms with van der Waals surface area (Å²) in [4.78, 5) is 0. The summed E-state index contributed by atoms with van der Waals surface area (Å²) in [6, 6.07) is 32.0. The minimum absolute atomic E-state index is 0.0267. The molecule has 2 aliphatic rings. The molecule has 0 saturated carbocycles. The van der Waals surface area contributed by atoms with Gasteiger partial charge in [0.15, 0.2) is 0 Å². The van der Waals surface area contributed by atoms with Crippen molar-refractivity contribution in [3.8, 4) is 22.3 Å². The number of hydrogen-bond donors (Lipinski definition) is 1. The topological polar surface area (TPSA) is 12.0 Å². The molecule has 0 amide bonds. The molecule has 1 N–H and O–H groups in total. The number of rotatable bonds is 2. The highest BCUT2D eigenvalue weighted by molar-refractivity contribution is 6.03. The summed E-state index contributed by atoms with van der Waals surface area (Å²) in [5.41, 5.74) is 16.1. The average Bonchev–Trinajstić information content (AvgIpc) is 3.24. The number of fused-ring (bicyclic) bond motifs is 8. The Kier molecular flexibility index (Phi) is 4.45. The molecule has 182 valence electrons. The molecule has 0 aromatic heterocycles. The van der Waals surface area contributed by atoms with E-state index in [0.29, 0.717) is 0 Å². The smallest absolute Gasteiger partial charge is 0.0414 e. The molecule has 1 nitrogen and oxygen atoms in total. The Bertz CT molecular complexity index is 1770. The molecule has 0 spiro atoms. The molecule has 0 aliphatic heterocycles. The summed E-state index contributed by atoms with van der Waals surface area (Å²) in [5, 5.41) is 6.36. The van der Waals surface area contributed by atoms with Gasteiger partial charge in [-0.2, -0.15) is 0 Å². The van der Waals surface area contributed by atoms with Crippen molar-refractivity contribution >= 4 is 22.1 Å². The van der Waals surface area contributed by atoms with Crippen LogP contribution in [0.3, 0.4) is 0 Å². The van der Waals surface area contributed by atoms with Gasteiger partial charge in [0.2, 0.25) is 0 Å². The maximum atomic E-state index is 3.69. The van der Waals surface area contributed by atoms with Gasteiger partial charge in [0.25, 0.3) is 0 Å². The van der Waals surface area contributed by atoms with Crippen molar-refractivity contribution in [1.29, 1.82) is 0 Å². The second-order valence-corrected chi connectivity index (χ2v) is 12.1. The maximum absolute atomic E-state index is 3.69. The fourth-order valence-corrected chi connectivity index (χ4v) is 6.92. The van der Waals surface area contributed by atoms with Crippen LogP contribution in [-0.2, 0) is 10.8 Å². The number of aryl methyl sites for hydroxylation is 2. The molecule has 37 heavy (non-hydrogen) atoms. The highest BCUT2D eigenvalue weighted by atomic mass is 14.9. The number of hydrogen-bond acceptors (Lipinski definition) is 1. The molecule has 0 radical (unpaired) electrons. The van der Waals surface area contributed by atoms with Gasteiger partial charge < -0.3 is 5.32 Å². The lowest BCUT2D eigenvalue weighted by atomic mass is 9.79. The summed E-state index contributed by atoms with van der Waals surface area (Å²) in [6.07, 6.45) is 0. The Labute approximate surface area is 220 Å². The molecule has 0 fully saturated rings. The second kappa shape index (κ2) is 7.35. The molecule has 0 unspecified atom stereocenters. The molecule has 0 bridgehead atoms. The van der Waals surface area contributed by atoms with E-state index in [1.807, 2.05) is 0 Å². The molecular weight excluding hydrogens is 446 g/mol. The predicted octanol–water partition coefficient (Wildman–Crippen LogP) is 9.81. The van der Waals surface area contributed by atoms with E-state index >= 15 is 0 Å². The molecule has 2 aliphatic carbocycles. The summed E-state index contributed by atoms with van der Waals surface area (Å²) < 4.78 is 0. The van der Waals surface area contributed by atoms with E-state index in [0.717, 1.165) is 5.69 Å². The quantitative estimate of drug-likeness (QED) is 0.266. The van der Waals surface area contributed by atoms with Crippen molar-refractivity contribution in [2.24, 2.45) is 0 Å². The minimum Gasteiger partial charge on any atom is -0.355 e. The third-order valence-electron chi connectivity index (χ3n) is 9.02. The first-order chi connectivity index (χ1) is 17.7. The van der Waals surface area contributed by atoms with Gasteiger partial charge in [0.1, 0.15) is 0 Å². The van der Waals surface area contributed by atoms with Crippen LogP contribution in [0, 0.1) is 13.8 Å². The van der Waals surface area contributed by atoms with Crippen LogP contribution in [0.5, 0.6) is 0 Å². The summed E-state index contributed by atoms with van der Waals surface area (Å²) in [5.74, 6) is 0. The van der Waals surface area contributed by atoms with Crippen molar-refractivity contribution in [2.75, 3.05) is 5.32 Å². The summed E-state index contributed by atoms with van der Waals surface area (Å²) in [6.45, 7) is 13.9. The highest BCUT2D eigenvalue weighted by Crippen LogP contribution is 2.57. The Morgan fingerprint density at radius 1 is 0.568 bits per heavy atom. The van der Waals surface area contributed by atoms with Crippen LogP contribution in [0.15, 0.2) is 84.9 Å². The zero-order valence-electron chi connectivity index (χ0n) is 22.6. The number of anilines is 2. The fourth-order valence-electron chi connectivity index (χ4n) is 6.92. The standard InChI is InChI=1S/C36H33N/c1-21-11-16-33(22(2)17-21)37-24-13-14-26-27-19-32-28(20-31(27)36(5,6)30(26)18-24)34-25-10-8-7-9-23(25)12-15-29(34)35(32,3)4/h7-20,37H,1-6H3. The van der Waals surface area contributed by atoms with E-state index in [1.54, 1.807) is 0 Å². The van der Waals surface area contributed by atoms with Gasteiger partial charge in [0, 0.05) is 22.2 Å². The van der Waals surface area contributed by atoms with Gasteiger partial charge in [-0.1, -0.05) is 87.9 Å². The van der Waals surface area contributed by atoms with Crippen LogP contribution in [-0.4, -0.2) is 0 Å². The van der Waals surface area contributed by atoms with Crippen LogP contribution in [0.25, 0.3) is 33.0 Å². The van der Waals surface area contributed by atoms with Gasteiger partial charge in [-0.15, -0.1) is 0 Å². The van der Waals surface area contributed by atoms with Gasteiger partial charge >= 0.3 is 0 Å². The first kappa shape index (κ1) is 22.4. The summed E-state index contributed by atoms with van der Waals surface area (Å²) in [7, 11) is 0. The Morgan fingerprint density at radius 3 is 2.08 bits per heavy atom. The fraction of sp³-hybridized carbons (Fsp3) is 0.222. The maximum Gasteiger partial charge on any atom is 0.0414 e. The van der Waals surface area contributed by atoms with Crippen LogP contribution >= 0.6 is 0 Å². The lowest BCUT2D eigenvalue weighted by molar-refractivity contribution is 0.652. The van der Waals surface area contributed by atoms with Crippen molar-refractivity contribution < 1.29 is 0 Å².